The van der Waals surface area contributed by atoms with Gasteiger partial charge in [-0.3, -0.25) is 4.79 Å². The minimum absolute atomic E-state index is 0.104. The van der Waals surface area contributed by atoms with Crippen molar-refractivity contribution in [3.05, 3.63) is 124 Å². The molecule has 4 aromatic carbocycles. The van der Waals surface area contributed by atoms with Gasteiger partial charge in [-0.05, 0) is 11.1 Å². The number of fused-ring (bicyclic) bond motifs is 1. The van der Waals surface area contributed by atoms with Gasteiger partial charge in [-0.25, -0.2) is 0 Å². The molecule has 34 heavy (non-hydrogen) atoms. The van der Waals surface area contributed by atoms with Crippen LogP contribution in [-0.4, -0.2) is 5.11 Å². The second kappa shape index (κ2) is 9.55. The average molecular weight is 450 g/mol. The van der Waals surface area contributed by atoms with Crippen LogP contribution in [0.1, 0.15) is 11.1 Å². The Morgan fingerprint density at radius 3 is 1.79 bits per heavy atom. The SMILES string of the molecule is O=c1cc(-c2ccccc2)oc2cc(O)c(OCc3ccccc3)c(OCc3ccccc3)c12. The third-order valence-electron chi connectivity index (χ3n) is 5.42. The maximum absolute atomic E-state index is 13.3. The van der Waals surface area contributed by atoms with Gasteiger partial charge in [0.05, 0.1) is 0 Å². The van der Waals surface area contributed by atoms with Gasteiger partial charge in [0.25, 0.3) is 0 Å². The van der Waals surface area contributed by atoms with Gasteiger partial charge in [0, 0.05) is 17.7 Å². The molecule has 0 radical (unpaired) electrons. The lowest BCUT2D eigenvalue weighted by Gasteiger charge is -2.16. The zero-order valence-corrected chi connectivity index (χ0v) is 18.3. The van der Waals surface area contributed by atoms with Crippen LogP contribution in [0.4, 0.5) is 0 Å². The van der Waals surface area contributed by atoms with E-state index in [1.54, 1.807) is 0 Å². The number of phenols is 1. The van der Waals surface area contributed by atoms with Crippen LogP contribution in [0, 0.1) is 0 Å². The molecule has 0 aliphatic rings. The molecule has 1 N–H and O–H groups in total. The summed E-state index contributed by atoms with van der Waals surface area (Å²) in [6, 6.07) is 31.3. The fourth-order valence-corrected chi connectivity index (χ4v) is 3.74. The summed E-state index contributed by atoms with van der Waals surface area (Å²) in [6.45, 7) is 0.399. The maximum Gasteiger partial charge on any atom is 0.204 e. The van der Waals surface area contributed by atoms with Crippen molar-refractivity contribution in [3.63, 3.8) is 0 Å². The van der Waals surface area contributed by atoms with Gasteiger partial charge < -0.3 is 19.0 Å². The fourth-order valence-electron chi connectivity index (χ4n) is 3.74. The zero-order valence-electron chi connectivity index (χ0n) is 18.3. The topological polar surface area (TPSA) is 68.9 Å². The van der Waals surface area contributed by atoms with E-state index < -0.39 is 0 Å². The van der Waals surface area contributed by atoms with Crippen LogP contribution in [0.2, 0.25) is 0 Å². The minimum atomic E-state index is -0.285. The Morgan fingerprint density at radius 1 is 0.676 bits per heavy atom. The highest BCUT2D eigenvalue weighted by Crippen LogP contribution is 2.43. The van der Waals surface area contributed by atoms with Crippen molar-refractivity contribution in [1.29, 1.82) is 0 Å². The summed E-state index contributed by atoms with van der Waals surface area (Å²) in [5.41, 5.74) is 2.53. The molecule has 0 atom stereocenters. The highest BCUT2D eigenvalue weighted by molar-refractivity contribution is 5.90. The third kappa shape index (κ3) is 4.50. The summed E-state index contributed by atoms with van der Waals surface area (Å²) in [5.74, 6) is 0.500. The first-order chi connectivity index (χ1) is 16.7. The molecule has 0 fully saturated rings. The summed E-state index contributed by atoms with van der Waals surface area (Å²) in [5, 5.41) is 11.1. The van der Waals surface area contributed by atoms with Crippen LogP contribution in [-0.2, 0) is 13.2 Å². The molecule has 0 aliphatic carbocycles. The van der Waals surface area contributed by atoms with E-state index in [4.69, 9.17) is 13.9 Å². The molecular weight excluding hydrogens is 428 g/mol. The number of benzene rings is 4. The average Bonchev–Trinajstić information content (AvgIpc) is 2.88. The molecule has 1 heterocycles. The van der Waals surface area contributed by atoms with E-state index in [1.165, 1.54) is 12.1 Å². The Balaban J connectivity index is 1.60. The second-order valence-corrected chi connectivity index (χ2v) is 7.82. The van der Waals surface area contributed by atoms with E-state index >= 15 is 0 Å². The molecule has 0 amide bonds. The number of hydrogen-bond acceptors (Lipinski definition) is 5. The summed E-state index contributed by atoms with van der Waals surface area (Å²) in [6.07, 6.45) is 0. The Kier molecular flexibility index (Phi) is 5.99. The zero-order chi connectivity index (χ0) is 23.3. The first-order valence-electron chi connectivity index (χ1n) is 10.9. The van der Waals surface area contributed by atoms with Crippen molar-refractivity contribution >= 4 is 11.0 Å². The van der Waals surface area contributed by atoms with Gasteiger partial charge in [0.1, 0.15) is 29.9 Å². The van der Waals surface area contributed by atoms with Gasteiger partial charge in [-0.15, -0.1) is 0 Å². The Hall–Kier alpha value is -4.51. The molecule has 5 nitrogen and oxygen atoms in total. The normalized spacial score (nSPS) is 10.8. The van der Waals surface area contributed by atoms with Crippen molar-refractivity contribution in [1.82, 2.24) is 0 Å². The smallest absolute Gasteiger partial charge is 0.204 e. The number of phenolic OH excluding ortho intramolecular Hbond substituents is 1. The second-order valence-electron chi connectivity index (χ2n) is 7.82. The van der Waals surface area contributed by atoms with Crippen LogP contribution in [0.25, 0.3) is 22.3 Å². The quantitative estimate of drug-likeness (QED) is 0.314. The minimum Gasteiger partial charge on any atom is -0.504 e. The fraction of sp³-hybridized carbons (Fsp3) is 0.0690. The molecule has 0 saturated heterocycles. The molecule has 0 aliphatic heterocycles. The maximum atomic E-state index is 13.3. The van der Waals surface area contributed by atoms with Crippen LogP contribution in [0.15, 0.2) is 112 Å². The summed E-state index contributed by atoms with van der Waals surface area (Å²) in [7, 11) is 0. The van der Waals surface area contributed by atoms with Gasteiger partial charge in [0.2, 0.25) is 5.75 Å². The van der Waals surface area contributed by atoms with Crippen LogP contribution in [0.3, 0.4) is 0 Å². The molecule has 0 saturated carbocycles. The van der Waals surface area contributed by atoms with Gasteiger partial charge in [-0.2, -0.15) is 0 Å². The van der Waals surface area contributed by atoms with E-state index in [-0.39, 0.29) is 46.9 Å². The highest BCUT2D eigenvalue weighted by atomic mass is 16.5. The predicted molar refractivity (Wildman–Crippen MR) is 131 cm³/mol. The van der Waals surface area contributed by atoms with Crippen molar-refractivity contribution in [3.8, 4) is 28.6 Å². The summed E-state index contributed by atoms with van der Waals surface area (Å²) < 4.78 is 18.1. The van der Waals surface area contributed by atoms with E-state index in [9.17, 15) is 9.90 Å². The van der Waals surface area contributed by atoms with E-state index in [0.717, 1.165) is 16.7 Å². The highest BCUT2D eigenvalue weighted by Gasteiger charge is 2.21. The van der Waals surface area contributed by atoms with Crippen LogP contribution < -0.4 is 14.9 Å². The Bertz CT molecular complexity index is 1460. The van der Waals surface area contributed by atoms with Crippen molar-refractivity contribution in [2.24, 2.45) is 0 Å². The first-order valence-corrected chi connectivity index (χ1v) is 10.9. The summed E-state index contributed by atoms with van der Waals surface area (Å²) in [4.78, 5) is 13.3. The van der Waals surface area contributed by atoms with Crippen molar-refractivity contribution in [2.45, 2.75) is 13.2 Å². The third-order valence-corrected chi connectivity index (χ3v) is 5.42. The van der Waals surface area contributed by atoms with Gasteiger partial charge in [-0.1, -0.05) is 91.0 Å². The van der Waals surface area contributed by atoms with Crippen LogP contribution in [0.5, 0.6) is 17.2 Å². The molecule has 0 spiro atoms. The molecule has 168 valence electrons. The molecule has 5 heteroatoms. The van der Waals surface area contributed by atoms with Gasteiger partial charge >= 0.3 is 0 Å². The number of ether oxygens (including phenoxy) is 2. The largest absolute Gasteiger partial charge is 0.504 e. The Morgan fingerprint density at radius 2 is 1.21 bits per heavy atom. The number of aromatic hydroxyl groups is 1. The molecule has 0 bridgehead atoms. The standard InChI is InChI=1S/C29H22O5/c30-23-16-25(22-14-8-3-9-15-22)34-26-17-24(31)28(32-18-20-10-4-1-5-11-20)29(27(23)26)33-19-21-12-6-2-7-13-21/h1-17,31H,18-19H2. The number of rotatable bonds is 7. The lowest BCUT2D eigenvalue weighted by atomic mass is 10.1. The van der Waals surface area contributed by atoms with Gasteiger partial charge in [0.15, 0.2) is 16.9 Å². The van der Waals surface area contributed by atoms with E-state index in [2.05, 4.69) is 0 Å². The van der Waals surface area contributed by atoms with Crippen molar-refractivity contribution in [2.75, 3.05) is 0 Å². The lowest BCUT2D eigenvalue weighted by molar-refractivity contribution is 0.248. The van der Waals surface area contributed by atoms with Crippen LogP contribution >= 0.6 is 0 Å². The summed E-state index contributed by atoms with van der Waals surface area (Å²) >= 11 is 0. The molecule has 1 aromatic heterocycles. The van der Waals surface area contributed by atoms with E-state index in [1.807, 2.05) is 91.0 Å². The van der Waals surface area contributed by atoms with E-state index in [0.29, 0.717) is 5.76 Å². The number of hydrogen-bond donors (Lipinski definition) is 1. The molecule has 5 aromatic rings. The molecule has 5 rings (SSSR count). The monoisotopic (exact) mass is 450 g/mol. The lowest BCUT2D eigenvalue weighted by Crippen LogP contribution is -2.07. The van der Waals surface area contributed by atoms with Crippen molar-refractivity contribution < 1.29 is 19.0 Å². The predicted octanol–water partition coefficient (Wildman–Crippen LogP) is 6.32. The molecular formula is C29H22O5. The first kappa shape index (κ1) is 21.3. The molecule has 0 unspecified atom stereocenters. The Labute approximate surface area is 196 Å².